The van der Waals surface area contributed by atoms with Gasteiger partial charge in [-0.25, -0.2) is 4.79 Å². The molecule has 44 heavy (non-hydrogen) atoms. The number of nitrogens with zero attached hydrogens (tertiary/aromatic N) is 3. The molecule has 7 heteroatoms. The lowest BCUT2D eigenvalue weighted by Gasteiger charge is -2.21. The monoisotopic (exact) mass is 612 g/mol. The molecule has 0 aliphatic rings. The number of hydrogen-bond donors (Lipinski definition) is 1. The van der Waals surface area contributed by atoms with Gasteiger partial charge in [-0.2, -0.15) is 5.26 Å². The third kappa shape index (κ3) is 19.6. The van der Waals surface area contributed by atoms with E-state index < -0.39 is 6.09 Å². The molecule has 0 aliphatic heterocycles. The molecule has 0 unspecified atom stereocenters. The summed E-state index contributed by atoms with van der Waals surface area (Å²) in [6.07, 6.45) is 24.3. The second-order valence-corrected chi connectivity index (χ2v) is 12.1. The lowest BCUT2D eigenvalue weighted by molar-refractivity contribution is -0.107. The van der Waals surface area contributed by atoms with Gasteiger partial charge >= 0.3 is 6.09 Å². The molecule has 1 aromatic carbocycles. The number of hydrogen-bond acceptors (Lipinski definition) is 5. The molecule has 0 heterocycles. The molecule has 0 aliphatic carbocycles. The van der Waals surface area contributed by atoms with Crippen LogP contribution in [-0.2, 0) is 16.1 Å². The smallest absolute Gasteiger partial charge is 0.407 e. The molecular weight excluding hydrogens is 548 g/mol. The van der Waals surface area contributed by atoms with Crippen molar-refractivity contribution in [2.24, 2.45) is 0 Å². The van der Waals surface area contributed by atoms with Crippen LogP contribution in [0.3, 0.4) is 0 Å². The van der Waals surface area contributed by atoms with Crippen molar-refractivity contribution in [3.63, 3.8) is 0 Å². The molecule has 0 aromatic heterocycles. The van der Waals surface area contributed by atoms with E-state index in [-0.39, 0.29) is 6.61 Å². The standard InChI is InChI=1S/C37H64N4O3/c1-4-7-8-9-10-11-12-13-14-15-16-17-18-19-20-24-29-41(33-42)36-30-34(31-38)25-26-35(36)32-44-37(43)39-27-22-21-23-28-40(5-2)6-3/h25-26,30,33H,4-24,27-29,32H2,1-3H3,(H,39,43). The number of alkyl carbamates (subject to hydrolysis) is 1. The van der Waals surface area contributed by atoms with Crippen molar-refractivity contribution >= 4 is 18.2 Å². The van der Waals surface area contributed by atoms with Crippen molar-refractivity contribution in [3.05, 3.63) is 29.3 Å². The van der Waals surface area contributed by atoms with E-state index in [0.29, 0.717) is 24.3 Å². The van der Waals surface area contributed by atoms with Gasteiger partial charge in [-0.05, 0) is 51.0 Å². The second kappa shape index (κ2) is 27.9. The van der Waals surface area contributed by atoms with Crippen molar-refractivity contribution in [2.75, 3.05) is 37.6 Å². The number of ether oxygens (including phenoxy) is 1. The van der Waals surface area contributed by atoms with E-state index in [9.17, 15) is 14.9 Å². The molecule has 0 bridgehead atoms. The van der Waals surface area contributed by atoms with Crippen molar-refractivity contribution < 1.29 is 14.3 Å². The lowest BCUT2D eigenvalue weighted by Crippen LogP contribution is -2.27. The van der Waals surface area contributed by atoms with Crippen LogP contribution in [0.4, 0.5) is 10.5 Å². The molecule has 0 saturated carbocycles. The number of unbranched alkanes of at least 4 members (excludes halogenated alkanes) is 17. The Labute approximate surface area is 270 Å². The number of rotatable bonds is 29. The highest BCUT2D eigenvalue weighted by Crippen LogP contribution is 2.23. The number of carbonyl (C=O) groups is 2. The van der Waals surface area contributed by atoms with Gasteiger partial charge in [0.25, 0.3) is 0 Å². The van der Waals surface area contributed by atoms with Crippen LogP contribution in [-0.4, -0.2) is 50.1 Å². The van der Waals surface area contributed by atoms with Crippen LogP contribution in [0, 0.1) is 11.3 Å². The van der Waals surface area contributed by atoms with E-state index in [2.05, 4.69) is 37.1 Å². The summed E-state index contributed by atoms with van der Waals surface area (Å²) in [6.45, 7) is 11.1. The Morgan fingerprint density at radius 3 is 1.82 bits per heavy atom. The maximum absolute atomic E-state index is 12.3. The van der Waals surface area contributed by atoms with E-state index in [1.54, 1.807) is 23.1 Å². The van der Waals surface area contributed by atoms with Crippen molar-refractivity contribution in [2.45, 2.75) is 149 Å². The van der Waals surface area contributed by atoms with E-state index in [1.165, 1.54) is 89.9 Å². The van der Waals surface area contributed by atoms with Gasteiger partial charge in [0.2, 0.25) is 6.41 Å². The summed E-state index contributed by atoms with van der Waals surface area (Å²) in [5.41, 5.74) is 1.85. The molecule has 1 rings (SSSR count). The Balaban J connectivity index is 2.28. The molecule has 0 atom stereocenters. The third-order valence-corrected chi connectivity index (χ3v) is 8.58. The van der Waals surface area contributed by atoms with E-state index in [4.69, 9.17) is 4.74 Å². The Morgan fingerprint density at radius 1 is 0.773 bits per heavy atom. The predicted molar refractivity (Wildman–Crippen MR) is 184 cm³/mol. The van der Waals surface area contributed by atoms with Crippen LogP contribution in [0.1, 0.15) is 154 Å². The predicted octanol–water partition coefficient (Wildman–Crippen LogP) is 9.52. The van der Waals surface area contributed by atoms with Gasteiger partial charge in [-0.1, -0.05) is 130 Å². The maximum atomic E-state index is 12.3. The summed E-state index contributed by atoms with van der Waals surface area (Å²) in [6, 6.07) is 7.35. The Hall–Kier alpha value is -2.59. The normalized spacial score (nSPS) is 11.0. The first-order valence-corrected chi connectivity index (χ1v) is 18.0. The number of amides is 2. The SMILES string of the molecule is CCCCCCCCCCCCCCCCCCN(C=O)c1cc(C#N)ccc1COC(=O)NCCCCCN(CC)CC. The van der Waals surface area contributed by atoms with Crippen LogP contribution in [0.5, 0.6) is 0 Å². The van der Waals surface area contributed by atoms with Crippen LogP contribution in [0.25, 0.3) is 0 Å². The molecule has 0 spiro atoms. The molecule has 0 fully saturated rings. The van der Waals surface area contributed by atoms with Crippen molar-refractivity contribution in [1.29, 1.82) is 5.26 Å². The van der Waals surface area contributed by atoms with Crippen LogP contribution in [0.2, 0.25) is 0 Å². The summed E-state index contributed by atoms with van der Waals surface area (Å²) in [7, 11) is 0. The zero-order valence-electron chi connectivity index (χ0n) is 28.6. The van der Waals surface area contributed by atoms with Gasteiger partial charge < -0.3 is 19.9 Å². The van der Waals surface area contributed by atoms with Gasteiger partial charge in [0.1, 0.15) is 6.61 Å². The van der Waals surface area contributed by atoms with Crippen LogP contribution in [0.15, 0.2) is 18.2 Å². The fourth-order valence-corrected chi connectivity index (χ4v) is 5.64. The third-order valence-electron chi connectivity index (χ3n) is 8.58. The summed E-state index contributed by atoms with van der Waals surface area (Å²) in [5.74, 6) is 0. The largest absolute Gasteiger partial charge is 0.445 e. The fourth-order valence-electron chi connectivity index (χ4n) is 5.64. The highest BCUT2D eigenvalue weighted by atomic mass is 16.5. The minimum atomic E-state index is -0.459. The van der Waals surface area contributed by atoms with Crippen LogP contribution >= 0.6 is 0 Å². The summed E-state index contributed by atoms with van der Waals surface area (Å²) in [5, 5.41) is 12.2. The fraction of sp³-hybridized carbons (Fsp3) is 0.757. The number of carbonyl (C=O) groups excluding carboxylic acids is 2. The topological polar surface area (TPSA) is 85.7 Å². The molecule has 7 nitrogen and oxygen atoms in total. The highest BCUT2D eigenvalue weighted by molar-refractivity contribution is 5.78. The van der Waals surface area contributed by atoms with Crippen LogP contribution < -0.4 is 10.2 Å². The molecular formula is C37H64N4O3. The summed E-state index contributed by atoms with van der Waals surface area (Å²) < 4.78 is 5.47. The minimum absolute atomic E-state index is 0.0537. The first-order chi connectivity index (χ1) is 21.6. The molecule has 0 radical (unpaired) electrons. The molecule has 2 amide bonds. The van der Waals surface area contributed by atoms with E-state index >= 15 is 0 Å². The van der Waals surface area contributed by atoms with Gasteiger partial charge in [0.05, 0.1) is 17.3 Å². The van der Waals surface area contributed by atoms with Crippen molar-refractivity contribution in [1.82, 2.24) is 10.2 Å². The Bertz CT molecular complexity index is 897. The number of anilines is 1. The first-order valence-electron chi connectivity index (χ1n) is 18.0. The van der Waals surface area contributed by atoms with Gasteiger partial charge in [0, 0.05) is 18.7 Å². The first kappa shape index (κ1) is 39.4. The Kier molecular flexibility index (Phi) is 25.0. The molecule has 0 saturated heterocycles. The van der Waals surface area contributed by atoms with Crippen molar-refractivity contribution in [3.8, 4) is 6.07 Å². The summed E-state index contributed by atoms with van der Waals surface area (Å²) in [4.78, 5) is 28.4. The van der Waals surface area contributed by atoms with Gasteiger partial charge in [-0.15, -0.1) is 0 Å². The van der Waals surface area contributed by atoms with Gasteiger partial charge in [0.15, 0.2) is 0 Å². The van der Waals surface area contributed by atoms with Gasteiger partial charge in [-0.3, -0.25) is 4.79 Å². The molecule has 1 aromatic rings. The highest BCUT2D eigenvalue weighted by Gasteiger charge is 2.14. The average molecular weight is 613 g/mol. The maximum Gasteiger partial charge on any atom is 0.407 e. The number of nitriles is 1. The quantitative estimate of drug-likeness (QED) is 0.0719. The molecule has 250 valence electrons. The zero-order valence-corrected chi connectivity index (χ0v) is 28.6. The number of benzene rings is 1. The lowest BCUT2D eigenvalue weighted by atomic mass is 10.0. The minimum Gasteiger partial charge on any atom is -0.445 e. The summed E-state index contributed by atoms with van der Waals surface area (Å²) >= 11 is 0. The second-order valence-electron chi connectivity index (χ2n) is 12.1. The Morgan fingerprint density at radius 2 is 1.30 bits per heavy atom. The van der Waals surface area contributed by atoms with E-state index in [1.807, 2.05) is 0 Å². The number of nitrogens with one attached hydrogen (secondary N) is 1. The van der Waals surface area contributed by atoms with E-state index in [0.717, 1.165) is 63.7 Å². The average Bonchev–Trinajstić information content (AvgIpc) is 3.05. The molecule has 1 N–H and O–H groups in total. The zero-order chi connectivity index (χ0) is 32.1.